The number of nitrogens with one attached hydrogen (secondary N) is 1. The summed E-state index contributed by atoms with van der Waals surface area (Å²) in [7, 11) is 0. The van der Waals surface area contributed by atoms with Crippen molar-refractivity contribution in [3.8, 4) is 0 Å². The van der Waals surface area contributed by atoms with Gasteiger partial charge in [-0.15, -0.1) is 0 Å². The highest BCUT2D eigenvalue weighted by Crippen LogP contribution is 2.15. The van der Waals surface area contributed by atoms with E-state index in [2.05, 4.69) is 16.6 Å². The Bertz CT molecular complexity index is 358. The van der Waals surface area contributed by atoms with Crippen molar-refractivity contribution < 1.29 is 9.90 Å². The Hall–Kier alpha value is -1.23. The van der Waals surface area contributed by atoms with E-state index in [9.17, 15) is 4.79 Å². The van der Waals surface area contributed by atoms with Gasteiger partial charge in [0.05, 0.1) is 17.4 Å². The number of rotatable bonds is 6. The van der Waals surface area contributed by atoms with Crippen LogP contribution in [0.4, 0.5) is 5.69 Å². The molecule has 1 atom stereocenters. The number of hydrogen-bond acceptors (Lipinski definition) is 4. The number of carboxylic acids is 1. The summed E-state index contributed by atoms with van der Waals surface area (Å²) in [4.78, 5) is 14.9. The lowest BCUT2D eigenvalue weighted by Gasteiger charge is -2.15. The first-order chi connectivity index (χ1) is 7.65. The van der Waals surface area contributed by atoms with E-state index < -0.39 is 5.97 Å². The quantitative estimate of drug-likeness (QED) is 0.799. The van der Waals surface area contributed by atoms with Crippen LogP contribution in [0.15, 0.2) is 18.5 Å². The molecule has 1 aromatic rings. The minimum absolute atomic E-state index is 0.245. The molecular weight excluding hydrogens is 224 g/mol. The number of thioether (sulfide) groups is 1. The molecular formula is C11H16N2O2S. The van der Waals surface area contributed by atoms with Gasteiger partial charge in [0.1, 0.15) is 0 Å². The number of aromatic carboxylic acids is 1. The zero-order valence-electron chi connectivity index (χ0n) is 9.43. The molecule has 0 aliphatic rings. The summed E-state index contributed by atoms with van der Waals surface area (Å²) in [6.07, 6.45) is 6.09. The van der Waals surface area contributed by atoms with Crippen LogP contribution in [0, 0.1) is 0 Å². The highest BCUT2D eigenvalue weighted by Gasteiger charge is 2.11. The second kappa shape index (κ2) is 6.37. The van der Waals surface area contributed by atoms with Crippen LogP contribution in [-0.2, 0) is 0 Å². The molecule has 1 heterocycles. The van der Waals surface area contributed by atoms with Crippen molar-refractivity contribution in [2.75, 3.05) is 17.3 Å². The third kappa shape index (κ3) is 3.73. The summed E-state index contributed by atoms with van der Waals surface area (Å²) in [5.41, 5.74) is 0.856. The maximum Gasteiger partial charge on any atom is 0.337 e. The minimum atomic E-state index is -0.929. The lowest BCUT2D eigenvalue weighted by Crippen LogP contribution is -2.18. The van der Waals surface area contributed by atoms with Crippen molar-refractivity contribution in [2.24, 2.45) is 0 Å². The van der Waals surface area contributed by atoms with Crippen molar-refractivity contribution in [1.29, 1.82) is 0 Å². The van der Waals surface area contributed by atoms with Gasteiger partial charge in [0.2, 0.25) is 0 Å². The molecule has 0 amide bonds. The monoisotopic (exact) mass is 240 g/mol. The van der Waals surface area contributed by atoms with Crippen LogP contribution in [0.25, 0.3) is 0 Å². The lowest BCUT2D eigenvalue weighted by molar-refractivity contribution is 0.0698. The number of anilines is 1. The SMILES string of the molecule is CSCCC(C)Nc1cnccc1C(=O)O. The summed E-state index contributed by atoms with van der Waals surface area (Å²) in [6.45, 7) is 2.04. The smallest absolute Gasteiger partial charge is 0.337 e. The fourth-order valence-electron chi connectivity index (χ4n) is 1.33. The molecule has 0 aliphatic carbocycles. The molecule has 0 radical (unpaired) electrons. The molecule has 0 saturated carbocycles. The highest BCUT2D eigenvalue weighted by atomic mass is 32.2. The number of carboxylic acid groups (broad SMARTS) is 1. The molecule has 5 heteroatoms. The molecule has 0 aromatic carbocycles. The summed E-state index contributed by atoms with van der Waals surface area (Å²) >= 11 is 1.78. The third-order valence-corrected chi connectivity index (χ3v) is 2.85. The fraction of sp³-hybridized carbons (Fsp3) is 0.455. The molecule has 0 bridgehead atoms. The van der Waals surface area contributed by atoms with Crippen LogP contribution in [0.3, 0.4) is 0 Å². The summed E-state index contributed by atoms with van der Waals surface area (Å²) in [6, 6.07) is 1.75. The van der Waals surface area contributed by atoms with Crippen LogP contribution in [0.5, 0.6) is 0 Å². The standard InChI is InChI=1S/C11H16N2O2S/c1-8(4-6-16-2)13-10-7-12-5-3-9(10)11(14)15/h3,5,7-8,13H,4,6H2,1-2H3,(H,14,15). The molecule has 0 saturated heterocycles. The van der Waals surface area contributed by atoms with E-state index in [4.69, 9.17) is 5.11 Å². The van der Waals surface area contributed by atoms with Crippen LogP contribution in [-0.4, -0.2) is 34.1 Å². The zero-order valence-corrected chi connectivity index (χ0v) is 10.3. The molecule has 0 spiro atoms. The predicted molar refractivity (Wildman–Crippen MR) is 67.3 cm³/mol. The Labute approximate surface area is 99.5 Å². The van der Waals surface area contributed by atoms with E-state index in [1.807, 2.05) is 6.92 Å². The van der Waals surface area contributed by atoms with Crippen molar-refractivity contribution in [3.63, 3.8) is 0 Å². The van der Waals surface area contributed by atoms with E-state index >= 15 is 0 Å². The van der Waals surface area contributed by atoms with Gasteiger partial charge in [-0.25, -0.2) is 4.79 Å². The second-order valence-electron chi connectivity index (χ2n) is 3.55. The van der Waals surface area contributed by atoms with Crippen LogP contribution in [0.1, 0.15) is 23.7 Å². The Balaban J connectivity index is 2.69. The normalized spacial score (nSPS) is 12.1. The van der Waals surface area contributed by atoms with E-state index in [1.165, 1.54) is 12.3 Å². The van der Waals surface area contributed by atoms with E-state index in [0.29, 0.717) is 5.69 Å². The topological polar surface area (TPSA) is 62.2 Å². The van der Waals surface area contributed by atoms with Gasteiger partial charge in [-0.2, -0.15) is 11.8 Å². The Morgan fingerprint density at radius 1 is 1.69 bits per heavy atom. The van der Waals surface area contributed by atoms with Gasteiger partial charge in [-0.05, 0) is 31.4 Å². The average molecular weight is 240 g/mol. The molecule has 4 nitrogen and oxygen atoms in total. The number of nitrogens with zero attached hydrogens (tertiary/aromatic N) is 1. The molecule has 88 valence electrons. The van der Waals surface area contributed by atoms with Gasteiger partial charge in [-0.1, -0.05) is 0 Å². The van der Waals surface area contributed by atoms with Gasteiger partial charge in [0.25, 0.3) is 0 Å². The first-order valence-electron chi connectivity index (χ1n) is 5.08. The average Bonchev–Trinajstić information content (AvgIpc) is 2.27. The molecule has 1 aromatic heterocycles. The van der Waals surface area contributed by atoms with E-state index in [0.717, 1.165) is 12.2 Å². The molecule has 0 aliphatic heterocycles. The third-order valence-electron chi connectivity index (χ3n) is 2.21. The summed E-state index contributed by atoms with van der Waals surface area (Å²) < 4.78 is 0. The first-order valence-corrected chi connectivity index (χ1v) is 6.47. The van der Waals surface area contributed by atoms with Crippen molar-refractivity contribution in [3.05, 3.63) is 24.0 Å². The molecule has 2 N–H and O–H groups in total. The summed E-state index contributed by atoms with van der Waals surface area (Å²) in [5.74, 6) is 0.124. The van der Waals surface area contributed by atoms with E-state index in [1.54, 1.807) is 18.0 Å². The van der Waals surface area contributed by atoms with Gasteiger partial charge >= 0.3 is 5.97 Å². The molecule has 16 heavy (non-hydrogen) atoms. The number of hydrogen-bond donors (Lipinski definition) is 2. The van der Waals surface area contributed by atoms with Crippen LogP contribution in [0.2, 0.25) is 0 Å². The van der Waals surface area contributed by atoms with Crippen LogP contribution < -0.4 is 5.32 Å². The molecule has 1 unspecified atom stereocenters. The van der Waals surface area contributed by atoms with Crippen molar-refractivity contribution in [2.45, 2.75) is 19.4 Å². The minimum Gasteiger partial charge on any atom is -0.478 e. The second-order valence-corrected chi connectivity index (χ2v) is 4.54. The molecule has 1 rings (SSSR count). The number of pyridine rings is 1. The van der Waals surface area contributed by atoms with Crippen molar-refractivity contribution >= 4 is 23.4 Å². The van der Waals surface area contributed by atoms with Gasteiger partial charge in [-0.3, -0.25) is 4.98 Å². The Morgan fingerprint density at radius 3 is 3.06 bits per heavy atom. The summed E-state index contributed by atoms with van der Waals surface area (Å²) in [5, 5.41) is 12.2. The maximum absolute atomic E-state index is 10.9. The van der Waals surface area contributed by atoms with E-state index in [-0.39, 0.29) is 11.6 Å². The van der Waals surface area contributed by atoms with Gasteiger partial charge in [0, 0.05) is 12.2 Å². The van der Waals surface area contributed by atoms with Crippen molar-refractivity contribution in [1.82, 2.24) is 4.98 Å². The zero-order chi connectivity index (χ0) is 12.0. The van der Waals surface area contributed by atoms with Crippen LogP contribution >= 0.6 is 11.8 Å². The lowest BCUT2D eigenvalue weighted by atomic mass is 10.2. The van der Waals surface area contributed by atoms with Gasteiger partial charge < -0.3 is 10.4 Å². The number of aromatic nitrogens is 1. The predicted octanol–water partition coefficient (Wildman–Crippen LogP) is 2.33. The highest BCUT2D eigenvalue weighted by molar-refractivity contribution is 7.98. The van der Waals surface area contributed by atoms with Gasteiger partial charge in [0.15, 0.2) is 0 Å². The Morgan fingerprint density at radius 2 is 2.44 bits per heavy atom. The largest absolute Gasteiger partial charge is 0.478 e. The number of carbonyl (C=O) groups is 1. The molecule has 0 fully saturated rings. The fourth-order valence-corrected chi connectivity index (χ4v) is 1.92. The Kier molecular flexibility index (Phi) is 5.11. The first kappa shape index (κ1) is 12.8. The maximum atomic E-state index is 10.9.